The second-order valence-corrected chi connectivity index (χ2v) is 8.38. The number of halogens is 2. The fourth-order valence-corrected chi connectivity index (χ4v) is 4.11. The van der Waals surface area contributed by atoms with E-state index >= 15 is 4.39 Å². The average Bonchev–Trinajstić information content (AvgIpc) is 3.36. The smallest absolute Gasteiger partial charge is 0.338 e. The first kappa shape index (κ1) is 25.8. The summed E-state index contributed by atoms with van der Waals surface area (Å²) in [4.78, 5) is 48.7. The molecule has 0 aliphatic carbocycles. The average molecular weight is 532 g/mol. The van der Waals surface area contributed by atoms with Crippen molar-refractivity contribution in [3.63, 3.8) is 0 Å². The summed E-state index contributed by atoms with van der Waals surface area (Å²) in [5.41, 5.74) is 3.64. The normalized spacial score (nSPS) is 24.8. The number of nitrogens with zero attached hydrogens (tertiary/aromatic N) is 4. The summed E-state index contributed by atoms with van der Waals surface area (Å²) in [6.07, 6.45) is 4.26. The Labute approximate surface area is 213 Å². The molecule has 1 fully saturated rings. The van der Waals surface area contributed by atoms with E-state index < -0.39 is 48.3 Å². The molecule has 0 amide bonds. The highest BCUT2D eigenvalue weighted by molar-refractivity contribution is 6.30. The van der Waals surface area contributed by atoms with E-state index in [4.69, 9.17) is 42.7 Å². The zero-order valence-electron chi connectivity index (χ0n) is 19.4. The van der Waals surface area contributed by atoms with Gasteiger partial charge in [-0.3, -0.25) is 14.2 Å². The number of nitrogens with two attached hydrogens (primary N) is 1. The lowest BCUT2D eigenvalue weighted by atomic mass is 9.92. The monoisotopic (exact) mass is 531 g/mol. The van der Waals surface area contributed by atoms with Gasteiger partial charge in [0.2, 0.25) is 6.10 Å². The topological polar surface area (TPSA) is 158 Å². The van der Waals surface area contributed by atoms with E-state index in [0.29, 0.717) is 0 Å². The molecule has 2 N–H and O–H groups in total. The number of aromatic nitrogens is 4. The van der Waals surface area contributed by atoms with E-state index in [-0.39, 0.29) is 27.6 Å². The first-order valence-corrected chi connectivity index (χ1v) is 11.0. The van der Waals surface area contributed by atoms with Gasteiger partial charge in [0.25, 0.3) is 11.5 Å². The second-order valence-electron chi connectivity index (χ2n) is 7.95. The highest BCUT2D eigenvalue weighted by atomic mass is 35.5. The Morgan fingerprint density at radius 2 is 2.03 bits per heavy atom. The lowest BCUT2D eigenvalue weighted by Gasteiger charge is -2.33. The predicted molar refractivity (Wildman–Crippen MR) is 124 cm³/mol. The standard InChI is InChI=1S/C23H19ClFN5O7/c1-4-22(36-13(3)32)20(35-12(2)31)23(25,9-34-19(33)14-6-5-7-15(24)8-14)37-21(22)30-11-29-16-17(26)27-10-28-18(16)30/h1,5-8,10-11,20-21H,9H2,2-3H3,(H2,26,27,28)/t20-,21+,22+,23+/m0/s1. The molecule has 0 saturated carbocycles. The Kier molecular flexibility index (Phi) is 6.72. The largest absolute Gasteiger partial charge is 0.456 e. The molecule has 3 aromatic rings. The molecule has 0 radical (unpaired) electrons. The number of fused-ring (bicyclic) bond motifs is 1. The molecule has 1 aliphatic heterocycles. The highest BCUT2D eigenvalue weighted by Crippen LogP contribution is 2.50. The van der Waals surface area contributed by atoms with Crippen molar-refractivity contribution in [3.05, 3.63) is 47.5 Å². The molecule has 0 bridgehead atoms. The van der Waals surface area contributed by atoms with Crippen LogP contribution in [0.5, 0.6) is 0 Å². The van der Waals surface area contributed by atoms with E-state index in [9.17, 15) is 14.4 Å². The van der Waals surface area contributed by atoms with Gasteiger partial charge < -0.3 is 24.7 Å². The molecule has 4 atom stereocenters. The molecular weight excluding hydrogens is 513 g/mol. The maximum atomic E-state index is 16.6. The number of carbonyl (C=O) groups excluding carboxylic acids is 3. The quantitative estimate of drug-likeness (QED) is 0.281. The van der Waals surface area contributed by atoms with Crippen LogP contribution in [-0.4, -0.2) is 61.6 Å². The Bertz CT molecular complexity index is 1440. The van der Waals surface area contributed by atoms with Crippen molar-refractivity contribution in [2.75, 3.05) is 12.3 Å². The Balaban J connectivity index is 1.80. The highest BCUT2D eigenvalue weighted by Gasteiger charge is 2.71. The van der Waals surface area contributed by atoms with Crippen LogP contribution in [-0.2, 0) is 28.5 Å². The zero-order chi connectivity index (χ0) is 27.0. The number of anilines is 1. The molecule has 2 aromatic heterocycles. The number of terminal acetylenes is 1. The van der Waals surface area contributed by atoms with E-state index in [1.54, 1.807) is 0 Å². The summed E-state index contributed by atoms with van der Waals surface area (Å²) >= 11 is 5.90. The third-order valence-corrected chi connectivity index (χ3v) is 5.61. The predicted octanol–water partition coefficient (Wildman–Crippen LogP) is 1.98. The van der Waals surface area contributed by atoms with Crippen molar-refractivity contribution >= 4 is 46.5 Å². The molecular formula is C23H19ClFN5O7. The summed E-state index contributed by atoms with van der Waals surface area (Å²) < 4.78 is 39.0. The number of imidazole rings is 1. The van der Waals surface area contributed by atoms with Crippen LogP contribution in [0.25, 0.3) is 11.2 Å². The van der Waals surface area contributed by atoms with Crippen molar-refractivity contribution in [1.29, 1.82) is 0 Å². The maximum absolute atomic E-state index is 16.6. The van der Waals surface area contributed by atoms with Gasteiger partial charge in [-0.2, -0.15) is 0 Å². The minimum atomic E-state index is -3.10. The molecule has 12 nitrogen and oxygen atoms in total. The Hall–Kier alpha value is -4.28. The summed E-state index contributed by atoms with van der Waals surface area (Å²) in [5, 5.41) is 0.244. The van der Waals surface area contributed by atoms with Crippen LogP contribution in [0.15, 0.2) is 36.9 Å². The lowest BCUT2D eigenvalue weighted by Crippen LogP contribution is -2.54. The minimum absolute atomic E-state index is 0.000888. The van der Waals surface area contributed by atoms with Crippen molar-refractivity contribution < 1.29 is 37.7 Å². The molecule has 0 unspecified atom stereocenters. The summed E-state index contributed by atoms with van der Waals surface area (Å²) in [7, 11) is 0. The van der Waals surface area contributed by atoms with Crippen LogP contribution < -0.4 is 5.73 Å². The molecule has 3 heterocycles. The number of ether oxygens (including phenoxy) is 4. The maximum Gasteiger partial charge on any atom is 0.338 e. The molecule has 37 heavy (non-hydrogen) atoms. The summed E-state index contributed by atoms with van der Waals surface area (Å²) in [5.74, 6) is -3.78. The zero-order valence-corrected chi connectivity index (χ0v) is 20.1. The van der Waals surface area contributed by atoms with E-state index in [2.05, 4.69) is 20.9 Å². The van der Waals surface area contributed by atoms with Gasteiger partial charge in [0.1, 0.15) is 11.8 Å². The number of carbonyl (C=O) groups is 3. The number of nitrogen functional groups attached to an aromatic ring is 1. The molecule has 4 rings (SSSR count). The number of benzene rings is 1. The minimum Gasteiger partial charge on any atom is -0.456 e. The van der Waals surface area contributed by atoms with Crippen LogP contribution in [0.1, 0.15) is 30.4 Å². The van der Waals surface area contributed by atoms with Crippen molar-refractivity contribution in [2.45, 2.75) is 37.6 Å². The molecule has 192 valence electrons. The van der Waals surface area contributed by atoms with E-state index in [1.165, 1.54) is 24.3 Å². The van der Waals surface area contributed by atoms with Gasteiger partial charge in [0, 0.05) is 18.9 Å². The van der Waals surface area contributed by atoms with Gasteiger partial charge in [0.15, 0.2) is 24.3 Å². The number of hydrogen-bond acceptors (Lipinski definition) is 11. The SMILES string of the molecule is C#C[C@]1(OC(C)=O)[C@H](n2cnc3c(N)ncnc32)O[C@](F)(COC(=O)c2cccc(Cl)c2)[C@H]1OC(C)=O. The van der Waals surface area contributed by atoms with Gasteiger partial charge in [-0.25, -0.2) is 24.1 Å². The molecule has 1 aromatic carbocycles. The second kappa shape index (κ2) is 9.64. The van der Waals surface area contributed by atoms with Crippen molar-refractivity contribution in [2.24, 2.45) is 0 Å². The third kappa shape index (κ3) is 4.64. The summed E-state index contributed by atoms with van der Waals surface area (Å²) in [6.45, 7) is 0.896. The molecule has 14 heteroatoms. The number of hydrogen-bond donors (Lipinski definition) is 1. The molecule has 1 aliphatic rings. The number of alkyl halides is 1. The first-order valence-electron chi connectivity index (χ1n) is 10.6. The van der Waals surface area contributed by atoms with Gasteiger partial charge >= 0.3 is 17.9 Å². The van der Waals surface area contributed by atoms with Crippen LogP contribution >= 0.6 is 11.6 Å². The van der Waals surface area contributed by atoms with Crippen LogP contribution in [0, 0.1) is 12.3 Å². The van der Waals surface area contributed by atoms with Gasteiger partial charge in [-0.1, -0.05) is 17.7 Å². The number of rotatable bonds is 6. The van der Waals surface area contributed by atoms with Crippen molar-refractivity contribution in [1.82, 2.24) is 19.5 Å². The molecule has 0 spiro atoms. The van der Waals surface area contributed by atoms with E-state index in [1.807, 2.05) is 0 Å². The van der Waals surface area contributed by atoms with E-state index in [0.717, 1.165) is 31.1 Å². The summed E-state index contributed by atoms with van der Waals surface area (Å²) in [6, 6.07) is 5.73. The fraction of sp³-hybridized carbons (Fsp3) is 0.304. The van der Waals surface area contributed by atoms with Crippen LogP contribution in [0.3, 0.4) is 0 Å². The Morgan fingerprint density at radius 1 is 1.27 bits per heavy atom. The van der Waals surface area contributed by atoms with Crippen LogP contribution in [0.2, 0.25) is 5.02 Å². The first-order chi connectivity index (χ1) is 17.5. The van der Waals surface area contributed by atoms with Gasteiger partial charge in [-0.05, 0) is 24.1 Å². The fourth-order valence-electron chi connectivity index (χ4n) is 3.92. The van der Waals surface area contributed by atoms with Crippen molar-refractivity contribution in [3.8, 4) is 12.3 Å². The molecule has 1 saturated heterocycles. The van der Waals surface area contributed by atoms with Crippen LogP contribution in [0.4, 0.5) is 10.2 Å². The number of esters is 3. The lowest BCUT2D eigenvalue weighted by molar-refractivity contribution is -0.216. The third-order valence-electron chi connectivity index (χ3n) is 5.38. The van der Waals surface area contributed by atoms with Gasteiger partial charge in [-0.15, -0.1) is 6.42 Å². The Morgan fingerprint density at radius 3 is 2.68 bits per heavy atom. The van der Waals surface area contributed by atoms with Gasteiger partial charge in [0.05, 0.1) is 11.9 Å².